The van der Waals surface area contributed by atoms with Crippen molar-refractivity contribution in [1.29, 1.82) is 0 Å². The van der Waals surface area contributed by atoms with Crippen molar-refractivity contribution in [3.63, 3.8) is 0 Å². The normalized spacial score (nSPS) is 30.3. The monoisotopic (exact) mass is 204 g/mol. The minimum Gasteiger partial charge on any atom is -0.372 e. The molecule has 1 heterocycles. The van der Waals surface area contributed by atoms with E-state index in [9.17, 15) is 8.42 Å². The first-order valence-electron chi connectivity index (χ1n) is 5.02. The van der Waals surface area contributed by atoms with Crippen molar-refractivity contribution in [2.75, 3.05) is 12.4 Å². The number of ether oxygens (including phenoxy) is 1. The number of hydrogen-bond donors (Lipinski definition) is 0. The molecule has 1 atom stereocenters. The van der Waals surface area contributed by atoms with Crippen LogP contribution >= 0.6 is 0 Å². The van der Waals surface area contributed by atoms with E-state index in [1.807, 2.05) is 0 Å². The van der Waals surface area contributed by atoms with Crippen LogP contribution in [-0.4, -0.2) is 32.1 Å². The van der Waals surface area contributed by atoms with Crippen LogP contribution in [0.15, 0.2) is 0 Å². The van der Waals surface area contributed by atoms with Crippen LogP contribution in [0.25, 0.3) is 0 Å². The Kier molecular flexibility index (Phi) is 2.60. The number of epoxide rings is 1. The molecular weight excluding hydrogens is 188 g/mol. The van der Waals surface area contributed by atoms with Gasteiger partial charge in [0.25, 0.3) is 0 Å². The Morgan fingerprint density at radius 1 is 1.15 bits per heavy atom. The Hall–Kier alpha value is -0.0900. The maximum Gasteiger partial charge on any atom is 0.155 e. The zero-order valence-electron chi connectivity index (χ0n) is 7.74. The third-order valence-electron chi connectivity index (χ3n) is 2.88. The molecule has 0 spiro atoms. The third kappa shape index (κ3) is 2.44. The van der Waals surface area contributed by atoms with Crippen LogP contribution in [0.1, 0.15) is 32.1 Å². The van der Waals surface area contributed by atoms with Crippen LogP contribution in [0.5, 0.6) is 0 Å². The van der Waals surface area contributed by atoms with Crippen LogP contribution < -0.4 is 0 Å². The van der Waals surface area contributed by atoms with Crippen molar-refractivity contribution in [2.24, 2.45) is 0 Å². The Balaban J connectivity index is 1.95. The van der Waals surface area contributed by atoms with Gasteiger partial charge in [-0.15, -0.1) is 0 Å². The fraction of sp³-hybridized carbons (Fsp3) is 1.00. The molecule has 2 aliphatic rings. The summed E-state index contributed by atoms with van der Waals surface area (Å²) < 4.78 is 28.5. The van der Waals surface area contributed by atoms with Crippen LogP contribution in [-0.2, 0) is 14.6 Å². The Morgan fingerprint density at radius 3 is 2.31 bits per heavy atom. The average Bonchev–Trinajstić information content (AvgIpc) is 2.89. The van der Waals surface area contributed by atoms with Gasteiger partial charge in [0.1, 0.15) is 0 Å². The molecule has 0 N–H and O–H groups in total. The molecule has 0 aromatic heterocycles. The number of sulfone groups is 1. The smallest absolute Gasteiger partial charge is 0.155 e. The largest absolute Gasteiger partial charge is 0.372 e. The zero-order chi connectivity index (χ0) is 9.31. The first-order valence-corrected chi connectivity index (χ1v) is 6.73. The van der Waals surface area contributed by atoms with E-state index in [4.69, 9.17) is 4.74 Å². The van der Waals surface area contributed by atoms with Gasteiger partial charge in [0.05, 0.1) is 23.7 Å². The van der Waals surface area contributed by atoms with Crippen molar-refractivity contribution < 1.29 is 13.2 Å². The Labute approximate surface area is 79.4 Å². The van der Waals surface area contributed by atoms with E-state index < -0.39 is 9.84 Å². The maximum atomic E-state index is 11.8. The zero-order valence-corrected chi connectivity index (χ0v) is 8.55. The molecule has 1 aliphatic heterocycles. The molecule has 1 unspecified atom stereocenters. The molecule has 1 aliphatic carbocycles. The quantitative estimate of drug-likeness (QED) is 0.647. The van der Waals surface area contributed by atoms with E-state index in [1.54, 1.807) is 0 Å². The lowest BCUT2D eigenvalue weighted by Crippen LogP contribution is -2.28. The molecule has 4 heteroatoms. The summed E-state index contributed by atoms with van der Waals surface area (Å²) in [4.78, 5) is 0. The molecule has 0 aromatic rings. The van der Waals surface area contributed by atoms with Crippen molar-refractivity contribution >= 4 is 9.84 Å². The molecule has 2 rings (SSSR count). The average molecular weight is 204 g/mol. The molecule has 0 bridgehead atoms. The molecule has 0 radical (unpaired) electrons. The fourth-order valence-electron chi connectivity index (χ4n) is 1.98. The summed E-state index contributed by atoms with van der Waals surface area (Å²) in [6, 6.07) is 0. The number of rotatable bonds is 3. The van der Waals surface area contributed by atoms with Gasteiger partial charge < -0.3 is 4.74 Å². The molecule has 1 saturated heterocycles. The minimum atomic E-state index is -2.85. The van der Waals surface area contributed by atoms with E-state index in [0.717, 1.165) is 25.7 Å². The van der Waals surface area contributed by atoms with Crippen LogP contribution in [0, 0.1) is 0 Å². The van der Waals surface area contributed by atoms with Gasteiger partial charge >= 0.3 is 0 Å². The minimum absolute atomic E-state index is 0.0203. The van der Waals surface area contributed by atoms with Gasteiger partial charge in [0, 0.05) is 0 Å². The summed E-state index contributed by atoms with van der Waals surface area (Å²) >= 11 is 0. The predicted molar refractivity (Wildman–Crippen MR) is 50.4 cm³/mol. The van der Waals surface area contributed by atoms with Gasteiger partial charge in [-0.05, 0) is 12.8 Å². The highest BCUT2D eigenvalue weighted by Gasteiger charge is 2.34. The van der Waals surface area contributed by atoms with Crippen LogP contribution in [0.3, 0.4) is 0 Å². The van der Waals surface area contributed by atoms with Gasteiger partial charge in [-0.25, -0.2) is 8.42 Å². The molecule has 76 valence electrons. The van der Waals surface area contributed by atoms with Crippen molar-refractivity contribution in [3.05, 3.63) is 0 Å². The Morgan fingerprint density at radius 2 is 1.77 bits per heavy atom. The van der Waals surface area contributed by atoms with Crippen LogP contribution in [0.2, 0.25) is 0 Å². The van der Waals surface area contributed by atoms with E-state index in [2.05, 4.69) is 0 Å². The summed E-state index contributed by atoms with van der Waals surface area (Å²) in [5, 5.41) is -0.0644. The van der Waals surface area contributed by atoms with Gasteiger partial charge in [0.15, 0.2) is 9.84 Å². The van der Waals surface area contributed by atoms with Gasteiger partial charge in [0.2, 0.25) is 0 Å². The van der Waals surface area contributed by atoms with Gasteiger partial charge in [-0.3, -0.25) is 0 Å². The summed E-state index contributed by atoms with van der Waals surface area (Å²) in [7, 11) is -2.85. The van der Waals surface area contributed by atoms with E-state index in [0.29, 0.717) is 6.61 Å². The molecular formula is C9H16O3S. The predicted octanol–water partition coefficient (Wildman–Crippen LogP) is 1.13. The second-order valence-electron chi connectivity index (χ2n) is 4.04. The first-order chi connectivity index (χ1) is 6.18. The van der Waals surface area contributed by atoms with Gasteiger partial charge in [-0.1, -0.05) is 19.3 Å². The summed E-state index contributed by atoms with van der Waals surface area (Å²) in [6.45, 7) is 0.645. The highest BCUT2D eigenvalue weighted by Crippen LogP contribution is 2.26. The third-order valence-corrected chi connectivity index (χ3v) is 5.20. The standard InChI is InChI=1S/C9H16O3S/c10-13(11,7-8-6-12-8)9-4-2-1-3-5-9/h8-9H,1-7H2. The second kappa shape index (κ2) is 3.58. The van der Waals surface area contributed by atoms with E-state index in [-0.39, 0.29) is 17.1 Å². The lowest BCUT2D eigenvalue weighted by Gasteiger charge is -2.21. The lowest BCUT2D eigenvalue weighted by molar-refractivity contribution is 0.419. The SMILES string of the molecule is O=S(=O)(CC1CO1)C1CCCCC1. The lowest BCUT2D eigenvalue weighted by atomic mass is 10.0. The molecule has 1 saturated carbocycles. The van der Waals surface area contributed by atoms with Gasteiger partial charge in [-0.2, -0.15) is 0 Å². The summed E-state index contributed by atoms with van der Waals surface area (Å²) in [6.07, 6.45) is 5.12. The molecule has 13 heavy (non-hydrogen) atoms. The molecule has 3 nitrogen and oxygen atoms in total. The Bertz CT molecular complexity index is 261. The first kappa shape index (κ1) is 9.46. The topological polar surface area (TPSA) is 46.7 Å². The second-order valence-corrected chi connectivity index (χ2v) is 6.37. The van der Waals surface area contributed by atoms with Crippen molar-refractivity contribution in [2.45, 2.75) is 43.5 Å². The van der Waals surface area contributed by atoms with E-state index >= 15 is 0 Å². The highest BCUT2D eigenvalue weighted by atomic mass is 32.2. The van der Waals surface area contributed by atoms with Crippen LogP contribution in [0.4, 0.5) is 0 Å². The maximum absolute atomic E-state index is 11.8. The molecule has 2 fully saturated rings. The molecule has 0 aromatic carbocycles. The molecule has 0 amide bonds. The van der Waals surface area contributed by atoms with E-state index in [1.165, 1.54) is 6.42 Å². The van der Waals surface area contributed by atoms with Crippen molar-refractivity contribution in [1.82, 2.24) is 0 Å². The summed E-state index contributed by atoms with van der Waals surface area (Å²) in [5.74, 6) is 0.262. The number of hydrogen-bond acceptors (Lipinski definition) is 3. The highest BCUT2D eigenvalue weighted by molar-refractivity contribution is 7.92. The fourth-order valence-corrected chi connectivity index (χ4v) is 4.02. The van der Waals surface area contributed by atoms with Crippen molar-refractivity contribution in [3.8, 4) is 0 Å². The summed E-state index contributed by atoms with van der Waals surface area (Å²) in [5.41, 5.74) is 0.